The minimum Gasteiger partial charge on any atom is -0.326 e. The third kappa shape index (κ3) is 3.64. The largest absolute Gasteiger partial charge is 0.326 e. The number of hydrogen-bond donors (Lipinski definition) is 3. The normalized spacial score (nSPS) is 19.1. The lowest BCUT2D eigenvalue weighted by Gasteiger charge is -2.32. The zero-order valence-electron chi connectivity index (χ0n) is 12.8. The van der Waals surface area contributed by atoms with Crippen molar-refractivity contribution in [3.05, 3.63) is 23.5 Å². The van der Waals surface area contributed by atoms with Gasteiger partial charge in [0.25, 0.3) is 0 Å². The van der Waals surface area contributed by atoms with Crippen LogP contribution in [0.5, 0.6) is 0 Å². The number of aryl methyl sites for hydroxylation is 1. The van der Waals surface area contributed by atoms with Crippen molar-refractivity contribution in [1.29, 1.82) is 0 Å². The van der Waals surface area contributed by atoms with Crippen molar-refractivity contribution in [2.24, 2.45) is 5.73 Å². The molecular weight excluding hydrogens is 321 g/mol. The maximum atomic E-state index is 14.2. The average molecular weight is 342 g/mol. The molecule has 23 heavy (non-hydrogen) atoms. The molecule has 126 valence electrons. The number of hydrogen-bond acceptors (Lipinski definition) is 3. The summed E-state index contributed by atoms with van der Waals surface area (Å²) >= 11 is 0. The number of nitrogens with two attached hydrogens (primary N) is 1. The molecule has 0 aromatic heterocycles. The molecule has 2 aliphatic rings. The van der Waals surface area contributed by atoms with Gasteiger partial charge < -0.3 is 16.4 Å². The predicted octanol–water partition coefficient (Wildman–Crippen LogP) is 2.73. The minimum absolute atomic E-state index is 0. The van der Waals surface area contributed by atoms with Crippen LogP contribution in [-0.2, 0) is 16.0 Å². The summed E-state index contributed by atoms with van der Waals surface area (Å²) in [5.41, 5.74) is 6.60. The van der Waals surface area contributed by atoms with Crippen LogP contribution in [0.1, 0.15) is 44.1 Å². The fourth-order valence-electron chi connectivity index (χ4n) is 3.15. The molecular formula is C16H21ClFN3O2. The van der Waals surface area contributed by atoms with Gasteiger partial charge in [-0.2, -0.15) is 0 Å². The van der Waals surface area contributed by atoms with Crippen LogP contribution in [0.2, 0.25) is 0 Å². The summed E-state index contributed by atoms with van der Waals surface area (Å²) in [7, 11) is 0. The van der Waals surface area contributed by atoms with E-state index in [4.69, 9.17) is 5.73 Å². The van der Waals surface area contributed by atoms with E-state index in [0.717, 1.165) is 24.8 Å². The van der Waals surface area contributed by atoms with Gasteiger partial charge in [0.2, 0.25) is 11.8 Å². The van der Waals surface area contributed by atoms with Gasteiger partial charge in [0.05, 0.1) is 11.2 Å². The summed E-state index contributed by atoms with van der Waals surface area (Å²) in [6.07, 6.45) is 4.98. The lowest BCUT2D eigenvalue weighted by atomic mass is 9.82. The Bertz CT molecular complexity index is 630. The first-order valence-corrected chi connectivity index (χ1v) is 7.70. The van der Waals surface area contributed by atoms with Crippen molar-refractivity contribution in [2.75, 3.05) is 10.6 Å². The Kier molecular flexibility index (Phi) is 5.26. The van der Waals surface area contributed by atoms with Gasteiger partial charge in [-0.15, -0.1) is 12.4 Å². The first-order chi connectivity index (χ1) is 10.5. The second kappa shape index (κ2) is 6.84. The summed E-state index contributed by atoms with van der Waals surface area (Å²) < 4.78 is 14.2. The Morgan fingerprint density at radius 2 is 1.91 bits per heavy atom. The van der Waals surface area contributed by atoms with Crippen LogP contribution >= 0.6 is 12.4 Å². The van der Waals surface area contributed by atoms with Crippen LogP contribution in [-0.4, -0.2) is 17.4 Å². The van der Waals surface area contributed by atoms with Gasteiger partial charge in [0.15, 0.2) is 0 Å². The molecule has 4 N–H and O–H groups in total. The Morgan fingerprint density at radius 1 is 1.22 bits per heavy atom. The molecule has 0 spiro atoms. The lowest BCUT2D eigenvalue weighted by Crippen LogP contribution is -2.52. The zero-order valence-corrected chi connectivity index (χ0v) is 13.6. The Morgan fingerprint density at radius 3 is 2.61 bits per heavy atom. The summed E-state index contributed by atoms with van der Waals surface area (Å²) in [4.78, 5) is 23.8. The number of carbonyl (C=O) groups excluding carboxylic acids is 2. The van der Waals surface area contributed by atoms with Gasteiger partial charge in [-0.05, 0) is 37.0 Å². The highest BCUT2D eigenvalue weighted by molar-refractivity contribution is 6.00. The molecule has 0 bridgehead atoms. The number of carbonyl (C=O) groups is 2. The van der Waals surface area contributed by atoms with Crippen LogP contribution in [0.25, 0.3) is 0 Å². The van der Waals surface area contributed by atoms with Crippen LogP contribution < -0.4 is 16.4 Å². The molecule has 1 saturated carbocycles. The van der Waals surface area contributed by atoms with E-state index in [1.165, 1.54) is 12.1 Å². The maximum Gasteiger partial charge on any atom is 0.244 e. The quantitative estimate of drug-likeness (QED) is 0.773. The predicted molar refractivity (Wildman–Crippen MR) is 89.2 cm³/mol. The van der Waals surface area contributed by atoms with Crippen LogP contribution in [0.3, 0.4) is 0 Å². The Labute approximate surface area is 140 Å². The van der Waals surface area contributed by atoms with Gasteiger partial charge in [-0.3, -0.25) is 9.59 Å². The van der Waals surface area contributed by atoms with Crippen molar-refractivity contribution < 1.29 is 14.0 Å². The summed E-state index contributed by atoms with van der Waals surface area (Å²) in [5, 5.41) is 5.30. The topological polar surface area (TPSA) is 84.2 Å². The third-order valence-electron chi connectivity index (χ3n) is 4.53. The van der Waals surface area contributed by atoms with Gasteiger partial charge in [-0.1, -0.05) is 19.3 Å². The molecule has 1 aromatic rings. The monoisotopic (exact) mass is 341 g/mol. The highest BCUT2D eigenvalue weighted by Crippen LogP contribution is 2.31. The first-order valence-electron chi connectivity index (χ1n) is 7.70. The molecule has 0 unspecified atom stereocenters. The highest BCUT2D eigenvalue weighted by Gasteiger charge is 2.35. The SMILES string of the molecule is Cl.NC1(C(=O)Nc2cc3c(cc2F)CCC(=O)N3)CCCCC1. The number of nitrogens with one attached hydrogen (secondary N) is 2. The summed E-state index contributed by atoms with van der Waals surface area (Å²) in [6, 6.07) is 2.85. The number of amides is 2. The number of fused-ring (bicyclic) bond motifs is 1. The van der Waals surface area contributed by atoms with Crippen LogP contribution in [0.4, 0.5) is 15.8 Å². The number of halogens is 2. The average Bonchev–Trinajstić information content (AvgIpc) is 2.49. The van der Waals surface area contributed by atoms with E-state index in [1.54, 1.807) is 0 Å². The minimum atomic E-state index is -0.927. The number of benzene rings is 1. The lowest BCUT2D eigenvalue weighted by molar-refractivity contribution is -0.122. The molecule has 0 atom stereocenters. The standard InChI is InChI=1S/C16H20FN3O2.ClH/c17-11-8-10-4-5-14(21)19-12(10)9-13(11)20-15(22)16(18)6-2-1-3-7-16;/h8-9H,1-7,18H2,(H,19,21)(H,20,22);1H. The molecule has 5 nitrogen and oxygen atoms in total. The highest BCUT2D eigenvalue weighted by atomic mass is 35.5. The number of anilines is 2. The fraction of sp³-hybridized carbons (Fsp3) is 0.500. The fourth-order valence-corrected chi connectivity index (χ4v) is 3.15. The maximum absolute atomic E-state index is 14.2. The van der Waals surface area contributed by atoms with Gasteiger partial charge >= 0.3 is 0 Å². The van der Waals surface area contributed by atoms with Crippen molar-refractivity contribution in [2.45, 2.75) is 50.5 Å². The van der Waals surface area contributed by atoms with Gasteiger partial charge in [0.1, 0.15) is 5.82 Å². The van der Waals surface area contributed by atoms with Crippen LogP contribution in [0.15, 0.2) is 12.1 Å². The van der Waals surface area contributed by atoms with E-state index in [0.29, 0.717) is 31.4 Å². The molecule has 3 rings (SSSR count). The van der Waals surface area contributed by atoms with E-state index in [2.05, 4.69) is 10.6 Å². The Balaban J connectivity index is 0.00000192. The molecule has 0 saturated heterocycles. The molecule has 1 fully saturated rings. The zero-order chi connectivity index (χ0) is 15.7. The molecule has 7 heteroatoms. The van der Waals surface area contributed by atoms with E-state index >= 15 is 0 Å². The molecule has 2 amide bonds. The molecule has 1 heterocycles. The summed E-state index contributed by atoms with van der Waals surface area (Å²) in [5.74, 6) is -0.949. The van der Waals surface area contributed by atoms with Crippen molar-refractivity contribution in [3.63, 3.8) is 0 Å². The van der Waals surface area contributed by atoms with E-state index in [-0.39, 0.29) is 29.9 Å². The second-order valence-corrected chi connectivity index (χ2v) is 6.21. The van der Waals surface area contributed by atoms with E-state index in [9.17, 15) is 14.0 Å². The van der Waals surface area contributed by atoms with Gasteiger partial charge in [0, 0.05) is 12.1 Å². The third-order valence-corrected chi connectivity index (χ3v) is 4.53. The molecule has 0 radical (unpaired) electrons. The Hall–Kier alpha value is -1.66. The van der Waals surface area contributed by atoms with Crippen molar-refractivity contribution >= 4 is 35.6 Å². The molecule has 1 aliphatic heterocycles. The first kappa shape index (κ1) is 17.7. The molecule has 1 aromatic carbocycles. The second-order valence-electron chi connectivity index (χ2n) is 6.21. The molecule has 1 aliphatic carbocycles. The smallest absolute Gasteiger partial charge is 0.244 e. The summed E-state index contributed by atoms with van der Waals surface area (Å²) in [6.45, 7) is 0. The number of rotatable bonds is 2. The van der Waals surface area contributed by atoms with Crippen molar-refractivity contribution in [3.8, 4) is 0 Å². The van der Waals surface area contributed by atoms with Crippen molar-refractivity contribution in [1.82, 2.24) is 0 Å². The van der Waals surface area contributed by atoms with E-state index < -0.39 is 11.4 Å². The van der Waals surface area contributed by atoms with Crippen LogP contribution in [0, 0.1) is 5.82 Å². The van der Waals surface area contributed by atoms with E-state index in [1.807, 2.05) is 0 Å². The van der Waals surface area contributed by atoms with Gasteiger partial charge in [-0.25, -0.2) is 4.39 Å².